The molecule has 2 N–H and O–H groups in total. The first-order valence-corrected chi connectivity index (χ1v) is 7.16. The molecule has 0 unspecified atom stereocenters. The van der Waals surface area contributed by atoms with Gasteiger partial charge >= 0.3 is 0 Å². The van der Waals surface area contributed by atoms with Gasteiger partial charge in [0.1, 0.15) is 5.82 Å². The molecule has 7 heteroatoms. The molecular weight excluding hydrogens is 300 g/mol. The van der Waals surface area contributed by atoms with E-state index in [1.54, 1.807) is 6.20 Å². The van der Waals surface area contributed by atoms with Crippen molar-refractivity contribution in [3.63, 3.8) is 0 Å². The van der Waals surface area contributed by atoms with Crippen LogP contribution in [-0.4, -0.2) is 24.7 Å². The molecule has 22 heavy (non-hydrogen) atoms. The van der Waals surface area contributed by atoms with Gasteiger partial charge in [-0.1, -0.05) is 23.7 Å². The minimum atomic E-state index is 0.252. The van der Waals surface area contributed by atoms with E-state index in [1.165, 1.54) is 0 Å². The zero-order valence-corrected chi connectivity index (χ0v) is 13.0. The van der Waals surface area contributed by atoms with Gasteiger partial charge in [0, 0.05) is 11.2 Å². The number of halogens is 1. The molecule has 0 saturated carbocycles. The Hall–Kier alpha value is -2.47. The zero-order chi connectivity index (χ0) is 15.7. The summed E-state index contributed by atoms with van der Waals surface area (Å²) in [6.45, 7) is 4.33. The van der Waals surface area contributed by atoms with E-state index in [4.69, 9.17) is 17.3 Å². The molecule has 112 valence electrons. The number of aryl methyl sites for hydroxylation is 2. The highest BCUT2D eigenvalue weighted by atomic mass is 35.5. The van der Waals surface area contributed by atoms with Crippen LogP contribution in [0, 0.1) is 13.8 Å². The van der Waals surface area contributed by atoms with Gasteiger partial charge in [0.2, 0.25) is 5.95 Å². The van der Waals surface area contributed by atoms with Crippen LogP contribution in [0.3, 0.4) is 0 Å². The highest BCUT2D eigenvalue weighted by Crippen LogP contribution is 2.21. The number of nitrogen functional groups attached to an aromatic ring is 1. The van der Waals surface area contributed by atoms with Crippen molar-refractivity contribution in [3.8, 4) is 11.4 Å². The monoisotopic (exact) mass is 314 g/mol. The quantitative estimate of drug-likeness (QED) is 0.803. The van der Waals surface area contributed by atoms with Crippen LogP contribution in [0.5, 0.6) is 0 Å². The van der Waals surface area contributed by atoms with Gasteiger partial charge in [-0.05, 0) is 31.5 Å². The Morgan fingerprint density at radius 2 is 1.86 bits per heavy atom. The van der Waals surface area contributed by atoms with Gasteiger partial charge in [-0.3, -0.25) is 0 Å². The van der Waals surface area contributed by atoms with Crippen LogP contribution < -0.4 is 5.73 Å². The first-order valence-electron chi connectivity index (χ1n) is 6.78. The maximum Gasteiger partial charge on any atom is 0.220 e. The van der Waals surface area contributed by atoms with Crippen LogP contribution in [-0.2, 0) is 6.54 Å². The summed E-state index contributed by atoms with van der Waals surface area (Å²) in [5.74, 6) is 1.67. The van der Waals surface area contributed by atoms with Crippen molar-refractivity contribution in [2.24, 2.45) is 0 Å². The van der Waals surface area contributed by atoms with E-state index < -0.39 is 0 Å². The van der Waals surface area contributed by atoms with Gasteiger partial charge in [0.05, 0.1) is 17.8 Å². The average molecular weight is 315 g/mol. The molecule has 3 aromatic rings. The Labute approximate surface area is 133 Å². The molecule has 0 radical (unpaired) electrons. The minimum Gasteiger partial charge on any atom is -0.368 e. The van der Waals surface area contributed by atoms with Crippen LogP contribution in [0.1, 0.15) is 17.1 Å². The summed E-state index contributed by atoms with van der Waals surface area (Å²) in [5, 5.41) is 5.16. The van der Waals surface area contributed by atoms with E-state index in [2.05, 4.69) is 20.1 Å². The number of hydrogen-bond donors (Lipinski definition) is 1. The normalized spacial score (nSPS) is 10.9. The van der Waals surface area contributed by atoms with E-state index in [0.717, 1.165) is 22.6 Å². The molecule has 0 bridgehead atoms. The molecule has 0 atom stereocenters. The number of rotatable bonds is 3. The lowest BCUT2D eigenvalue weighted by Gasteiger charge is -2.08. The maximum absolute atomic E-state index is 5.92. The third-order valence-electron chi connectivity index (χ3n) is 3.26. The summed E-state index contributed by atoms with van der Waals surface area (Å²) in [6, 6.07) is 7.65. The molecule has 3 rings (SSSR count). The Morgan fingerprint density at radius 3 is 2.55 bits per heavy atom. The van der Waals surface area contributed by atoms with Crippen molar-refractivity contribution in [2.75, 3.05) is 5.73 Å². The summed E-state index contributed by atoms with van der Waals surface area (Å²) < 4.78 is 1.83. The zero-order valence-electron chi connectivity index (χ0n) is 12.3. The van der Waals surface area contributed by atoms with E-state index in [1.807, 2.05) is 42.8 Å². The largest absolute Gasteiger partial charge is 0.368 e. The van der Waals surface area contributed by atoms with Gasteiger partial charge in [-0.2, -0.15) is 5.10 Å². The Morgan fingerprint density at radius 1 is 1.14 bits per heavy atom. The third kappa shape index (κ3) is 2.92. The van der Waals surface area contributed by atoms with Crippen molar-refractivity contribution in [1.29, 1.82) is 0 Å². The van der Waals surface area contributed by atoms with Crippen LogP contribution >= 0.6 is 11.6 Å². The van der Waals surface area contributed by atoms with Crippen molar-refractivity contribution in [2.45, 2.75) is 20.4 Å². The second-order valence-electron chi connectivity index (χ2n) is 4.99. The predicted octanol–water partition coefficient (Wildman–Crippen LogP) is 2.64. The van der Waals surface area contributed by atoms with Crippen molar-refractivity contribution >= 4 is 17.5 Å². The van der Waals surface area contributed by atoms with Gasteiger partial charge in [0.25, 0.3) is 0 Å². The molecule has 0 amide bonds. The molecule has 6 nitrogen and oxygen atoms in total. The molecule has 2 heterocycles. The van der Waals surface area contributed by atoms with E-state index >= 15 is 0 Å². The first-order chi connectivity index (χ1) is 10.5. The van der Waals surface area contributed by atoms with Crippen LogP contribution in [0.25, 0.3) is 11.4 Å². The second-order valence-corrected chi connectivity index (χ2v) is 5.43. The minimum absolute atomic E-state index is 0.252. The van der Waals surface area contributed by atoms with E-state index in [-0.39, 0.29) is 5.95 Å². The molecule has 0 saturated heterocycles. The maximum atomic E-state index is 5.92. The summed E-state index contributed by atoms with van der Waals surface area (Å²) in [6.07, 6.45) is 1.68. The standard InChI is InChI=1S/C15H15ClN6/c1-9-13(7-18-15(17)19-9)14-20-10(2)21-22(14)8-11-3-5-12(16)6-4-11/h3-7H,8H2,1-2H3,(H2,17,18,19). The van der Waals surface area contributed by atoms with Gasteiger partial charge in [-0.25, -0.2) is 19.6 Å². The number of aromatic nitrogens is 5. The van der Waals surface area contributed by atoms with Crippen LogP contribution in [0.4, 0.5) is 5.95 Å². The highest BCUT2D eigenvalue weighted by molar-refractivity contribution is 6.30. The highest BCUT2D eigenvalue weighted by Gasteiger charge is 2.14. The average Bonchev–Trinajstić information content (AvgIpc) is 2.82. The molecule has 0 spiro atoms. The smallest absolute Gasteiger partial charge is 0.220 e. The topological polar surface area (TPSA) is 82.5 Å². The molecule has 0 aliphatic carbocycles. The molecule has 1 aromatic carbocycles. The first kappa shape index (κ1) is 14.5. The predicted molar refractivity (Wildman–Crippen MR) is 85.5 cm³/mol. The SMILES string of the molecule is Cc1nc(-c2cnc(N)nc2C)n(Cc2ccc(Cl)cc2)n1. The summed E-state index contributed by atoms with van der Waals surface area (Å²) in [4.78, 5) is 12.7. The van der Waals surface area contributed by atoms with Gasteiger partial charge < -0.3 is 5.73 Å². The summed E-state index contributed by atoms with van der Waals surface area (Å²) in [5.41, 5.74) is 8.29. The van der Waals surface area contributed by atoms with Crippen LogP contribution in [0.2, 0.25) is 5.02 Å². The molecule has 0 fully saturated rings. The number of hydrogen-bond acceptors (Lipinski definition) is 5. The number of anilines is 1. The molecule has 0 aliphatic heterocycles. The van der Waals surface area contributed by atoms with Gasteiger partial charge in [0.15, 0.2) is 5.82 Å². The summed E-state index contributed by atoms with van der Waals surface area (Å²) >= 11 is 5.92. The molecule has 0 aliphatic rings. The fourth-order valence-corrected chi connectivity index (χ4v) is 2.36. The summed E-state index contributed by atoms with van der Waals surface area (Å²) in [7, 11) is 0. The van der Waals surface area contributed by atoms with Crippen molar-refractivity contribution in [1.82, 2.24) is 24.7 Å². The number of benzene rings is 1. The van der Waals surface area contributed by atoms with Crippen molar-refractivity contribution in [3.05, 3.63) is 52.6 Å². The van der Waals surface area contributed by atoms with E-state index in [0.29, 0.717) is 17.4 Å². The van der Waals surface area contributed by atoms with Gasteiger partial charge in [-0.15, -0.1) is 0 Å². The lowest BCUT2D eigenvalue weighted by Crippen LogP contribution is -2.06. The second kappa shape index (κ2) is 5.73. The van der Waals surface area contributed by atoms with Crippen molar-refractivity contribution < 1.29 is 0 Å². The Balaban J connectivity index is 2.01. The fourth-order valence-electron chi connectivity index (χ4n) is 2.23. The lowest BCUT2D eigenvalue weighted by atomic mass is 10.2. The number of nitrogens with two attached hydrogens (primary N) is 1. The lowest BCUT2D eigenvalue weighted by molar-refractivity contribution is 0.685. The molecule has 2 aromatic heterocycles. The third-order valence-corrected chi connectivity index (χ3v) is 3.51. The Kier molecular flexibility index (Phi) is 3.77. The molecular formula is C15H15ClN6. The Bertz CT molecular complexity index is 809. The van der Waals surface area contributed by atoms with E-state index in [9.17, 15) is 0 Å². The fraction of sp³-hybridized carbons (Fsp3) is 0.200. The number of nitrogens with zero attached hydrogens (tertiary/aromatic N) is 5. The van der Waals surface area contributed by atoms with Crippen LogP contribution in [0.15, 0.2) is 30.5 Å².